The molecule has 0 aromatic carbocycles. The van der Waals surface area contributed by atoms with Crippen LogP contribution in [0.5, 0.6) is 0 Å². The molecule has 128 valence electrons. The van der Waals surface area contributed by atoms with Crippen LogP contribution in [0.3, 0.4) is 0 Å². The fourth-order valence-electron chi connectivity index (χ4n) is 2.15. The minimum Gasteiger partial charge on any atom is -0.810 e. The second-order valence-corrected chi connectivity index (χ2v) is 8.38. The Morgan fingerprint density at radius 2 is 0.960 bits per heavy atom. The summed E-state index contributed by atoms with van der Waals surface area (Å²) < 4.78 is 21.4. The first-order valence-electron chi connectivity index (χ1n) is 7.38. The standard InChI is InChI=1S/C12H29NO6P2.4Na/c1-2-3-4-5-6-7-8-9-10-13(11-20(14,15)16)12-21(17,18)19;;;;/h2-12H2,1H3,(H2,14,15,16)(H2,17,18,19);;;;/q;4*+1/p-4. The van der Waals surface area contributed by atoms with E-state index in [2.05, 4.69) is 6.92 Å². The van der Waals surface area contributed by atoms with Gasteiger partial charge in [0.1, 0.15) is 0 Å². The molecule has 0 amide bonds. The Morgan fingerprint density at radius 1 is 0.640 bits per heavy atom. The van der Waals surface area contributed by atoms with E-state index >= 15 is 0 Å². The second kappa shape index (κ2) is 22.9. The van der Waals surface area contributed by atoms with E-state index in [0.29, 0.717) is 6.42 Å². The zero-order chi connectivity index (χ0) is 16.4. The molecule has 0 aliphatic carbocycles. The summed E-state index contributed by atoms with van der Waals surface area (Å²) in [5.41, 5.74) is 0. The summed E-state index contributed by atoms with van der Waals surface area (Å²) in [6.07, 6.45) is 6.43. The number of rotatable bonds is 13. The van der Waals surface area contributed by atoms with Crippen molar-refractivity contribution in [3.63, 3.8) is 0 Å². The van der Waals surface area contributed by atoms with E-state index in [1.807, 2.05) is 0 Å². The van der Waals surface area contributed by atoms with Gasteiger partial charge in [0.25, 0.3) is 0 Å². The topological polar surface area (TPSA) is 130 Å². The molecule has 0 aromatic heterocycles. The Labute approximate surface area is 240 Å². The molecule has 0 unspecified atom stereocenters. The van der Waals surface area contributed by atoms with Crippen molar-refractivity contribution < 1.29 is 147 Å². The predicted octanol–water partition coefficient (Wildman–Crippen LogP) is -11.8. The van der Waals surface area contributed by atoms with Crippen molar-refractivity contribution in [2.75, 3.05) is 19.1 Å². The van der Waals surface area contributed by atoms with Crippen LogP contribution in [0.1, 0.15) is 58.3 Å². The maximum absolute atomic E-state index is 10.7. The first-order valence-corrected chi connectivity index (χ1v) is 10.8. The third-order valence-corrected chi connectivity index (χ3v) is 4.57. The van der Waals surface area contributed by atoms with Crippen molar-refractivity contribution in [3.8, 4) is 0 Å². The van der Waals surface area contributed by atoms with Gasteiger partial charge in [0, 0.05) is 12.6 Å². The molecular formula is C12H25NNa4O6P2. The molecule has 0 aliphatic heterocycles. The molecule has 0 radical (unpaired) electrons. The van der Waals surface area contributed by atoms with Crippen molar-refractivity contribution in [2.24, 2.45) is 0 Å². The minimum atomic E-state index is -4.85. The van der Waals surface area contributed by atoms with Crippen LogP contribution in [0.15, 0.2) is 0 Å². The van der Waals surface area contributed by atoms with E-state index in [1.165, 1.54) is 19.3 Å². The maximum Gasteiger partial charge on any atom is 1.00 e. The van der Waals surface area contributed by atoms with E-state index in [4.69, 9.17) is 0 Å². The van der Waals surface area contributed by atoms with Crippen LogP contribution in [0, 0.1) is 0 Å². The molecule has 0 atom stereocenters. The van der Waals surface area contributed by atoms with E-state index < -0.39 is 27.8 Å². The van der Waals surface area contributed by atoms with Crippen LogP contribution in [0.25, 0.3) is 0 Å². The minimum absolute atomic E-state index is 0. The Kier molecular flexibility index (Phi) is 36.4. The third kappa shape index (κ3) is 33.1. The molecule has 0 rings (SSSR count). The van der Waals surface area contributed by atoms with Gasteiger partial charge in [-0.3, -0.25) is 4.90 Å². The maximum atomic E-state index is 10.7. The number of hydrogen-bond acceptors (Lipinski definition) is 7. The SMILES string of the molecule is CCCCCCCCCCN(CP(=O)([O-])[O-])CP(=O)([O-])[O-].[Na+].[Na+].[Na+].[Na+]. The molecule has 0 aromatic rings. The van der Waals surface area contributed by atoms with Gasteiger partial charge >= 0.3 is 118 Å². The quantitative estimate of drug-likeness (QED) is 0.160. The molecule has 0 fully saturated rings. The molecule has 0 saturated heterocycles. The van der Waals surface area contributed by atoms with Gasteiger partial charge in [0.2, 0.25) is 0 Å². The fourth-order valence-corrected chi connectivity index (χ4v) is 3.77. The Morgan fingerprint density at radius 3 is 1.28 bits per heavy atom. The molecule has 0 N–H and O–H groups in total. The number of nitrogens with zero attached hydrogens (tertiary/aromatic N) is 1. The molecular weight excluding hydrogens is 408 g/mol. The third-order valence-electron chi connectivity index (χ3n) is 3.07. The smallest absolute Gasteiger partial charge is 0.810 e. The normalized spacial score (nSPS) is 11.0. The van der Waals surface area contributed by atoms with Crippen molar-refractivity contribution >= 4 is 15.2 Å². The summed E-state index contributed by atoms with van der Waals surface area (Å²) >= 11 is 0. The Balaban J connectivity index is -0.000000333. The van der Waals surface area contributed by atoms with E-state index in [9.17, 15) is 28.7 Å². The molecule has 0 heterocycles. The molecule has 0 spiro atoms. The van der Waals surface area contributed by atoms with Gasteiger partial charge < -0.3 is 28.7 Å². The fraction of sp³-hybridized carbons (Fsp3) is 1.00. The molecule has 0 aliphatic rings. The zero-order valence-electron chi connectivity index (χ0n) is 16.6. The van der Waals surface area contributed by atoms with Crippen molar-refractivity contribution in [1.29, 1.82) is 0 Å². The van der Waals surface area contributed by atoms with E-state index in [1.54, 1.807) is 0 Å². The molecule has 13 heteroatoms. The van der Waals surface area contributed by atoms with Crippen LogP contribution in [0.4, 0.5) is 0 Å². The summed E-state index contributed by atoms with van der Waals surface area (Å²) in [7, 11) is -9.71. The first-order chi connectivity index (χ1) is 9.64. The van der Waals surface area contributed by atoms with Crippen molar-refractivity contribution in [3.05, 3.63) is 0 Å². The van der Waals surface area contributed by atoms with Crippen LogP contribution in [0.2, 0.25) is 0 Å². The Bertz CT molecular complexity index is 346. The van der Waals surface area contributed by atoms with E-state index in [0.717, 1.165) is 30.6 Å². The average Bonchev–Trinajstić information content (AvgIpc) is 2.28. The Hall–Kier alpha value is 4.26. The van der Waals surface area contributed by atoms with Crippen LogP contribution >= 0.6 is 15.2 Å². The van der Waals surface area contributed by atoms with E-state index in [-0.39, 0.29) is 125 Å². The van der Waals surface area contributed by atoms with Gasteiger partial charge in [0.05, 0.1) is 0 Å². The van der Waals surface area contributed by atoms with Crippen LogP contribution < -0.4 is 138 Å². The van der Waals surface area contributed by atoms with Crippen LogP contribution in [-0.2, 0) is 9.13 Å². The van der Waals surface area contributed by atoms with Crippen molar-refractivity contribution in [1.82, 2.24) is 4.90 Å². The summed E-state index contributed by atoms with van der Waals surface area (Å²) in [5.74, 6) is 0. The van der Waals surface area contributed by atoms with Gasteiger partial charge in [-0.2, -0.15) is 0 Å². The molecule has 0 saturated carbocycles. The molecule has 0 bridgehead atoms. The largest absolute Gasteiger partial charge is 1.00 e. The monoisotopic (exact) mass is 433 g/mol. The number of unbranched alkanes of at least 4 members (excludes halogenated alkanes) is 7. The second-order valence-electron chi connectivity index (χ2n) is 5.37. The molecule has 7 nitrogen and oxygen atoms in total. The summed E-state index contributed by atoms with van der Waals surface area (Å²) in [5, 5.41) is 0. The number of hydrogen-bond donors (Lipinski definition) is 0. The molecule has 25 heavy (non-hydrogen) atoms. The zero-order valence-corrected chi connectivity index (χ0v) is 26.4. The van der Waals surface area contributed by atoms with Gasteiger partial charge in [-0.1, -0.05) is 67.1 Å². The summed E-state index contributed by atoms with van der Waals surface area (Å²) in [4.78, 5) is 43.7. The average molecular weight is 433 g/mol. The van der Waals surface area contributed by atoms with Gasteiger partial charge in [0.15, 0.2) is 0 Å². The first kappa shape index (κ1) is 39.7. The van der Waals surface area contributed by atoms with Crippen LogP contribution in [-0.4, -0.2) is 24.0 Å². The van der Waals surface area contributed by atoms with Gasteiger partial charge in [-0.25, -0.2) is 0 Å². The van der Waals surface area contributed by atoms with Gasteiger partial charge in [-0.05, 0) is 13.0 Å². The predicted molar refractivity (Wildman–Crippen MR) is 74.3 cm³/mol. The van der Waals surface area contributed by atoms with Crippen molar-refractivity contribution in [2.45, 2.75) is 58.3 Å². The summed E-state index contributed by atoms with van der Waals surface area (Å²) in [6.45, 7) is 2.28. The summed E-state index contributed by atoms with van der Waals surface area (Å²) in [6, 6.07) is 0. The van der Waals surface area contributed by atoms with Gasteiger partial charge in [-0.15, -0.1) is 0 Å².